The van der Waals surface area contributed by atoms with Gasteiger partial charge in [-0.15, -0.1) is 0 Å². The fraction of sp³-hybridized carbons (Fsp3) is 0.875. The SMILES string of the molecule is CC(C)[CH-]CCCCCCCCCCCCCCC(C)C.[CH-]=CC(S)S.[Sr+2]. The molecule has 3 heteroatoms. The van der Waals surface area contributed by atoms with Gasteiger partial charge in [0.2, 0.25) is 0 Å². The van der Waals surface area contributed by atoms with Crippen LogP contribution < -0.4 is 0 Å². The molecule has 158 valence electrons. The number of hydrogen-bond acceptors (Lipinski definition) is 2. The van der Waals surface area contributed by atoms with E-state index in [1.807, 2.05) is 0 Å². The van der Waals surface area contributed by atoms with Crippen LogP contribution in [0.3, 0.4) is 0 Å². The van der Waals surface area contributed by atoms with Crippen LogP contribution in [0.25, 0.3) is 0 Å². The zero-order valence-electron chi connectivity index (χ0n) is 19.0. The number of thiol groups is 2. The van der Waals surface area contributed by atoms with E-state index in [1.54, 1.807) is 0 Å². The van der Waals surface area contributed by atoms with E-state index in [4.69, 9.17) is 6.58 Å². The number of hydrogen-bond donors (Lipinski definition) is 2. The van der Waals surface area contributed by atoms with Gasteiger partial charge in [0.15, 0.2) is 0 Å². The summed E-state index contributed by atoms with van der Waals surface area (Å²) < 4.78 is -0.0741. The Morgan fingerprint density at radius 1 is 0.704 bits per heavy atom. The Labute approximate surface area is 221 Å². The standard InChI is InChI=1S/C21H43.C3H5S2.Sr/c1-20(2)18-16-14-12-10-8-6-5-7-9-11-13-15-17-19-21(3)4;1-2-3(4)5;/h18,20-21H,5-17,19H2,1-4H3;1-5H;/q2*-1;+2. The Balaban J connectivity index is -0.000000844. The van der Waals surface area contributed by atoms with Crippen LogP contribution in [0.4, 0.5) is 0 Å². The predicted octanol–water partition coefficient (Wildman–Crippen LogP) is 8.74. The van der Waals surface area contributed by atoms with Crippen LogP contribution >= 0.6 is 25.3 Å². The smallest absolute Gasteiger partial charge is 0.516 e. The van der Waals surface area contributed by atoms with Gasteiger partial charge in [-0.2, -0.15) is 37.6 Å². The van der Waals surface area contributed by atoms with Gasteiger partial charge in [-0.3, -0.25) is 6.08 Å². The van der Waals surface area contributed by atoms with Gasteiger partial charge in [0.25, 0.3) is 0 Å². The average molecular weight is 488 g/mol. The molecule has 0 aliphatic heterocycles. The maximum atomic E-state index is 4.89. The molecular weight excluding hydrogens is 440 g/mol. The van der Waals surface area contributed by atoms with Crippen molar-refractivity contribution in [2.45, 2.75) is 122 Å². The normalized spacial score (nSPS) is 10.7. The minimum atomic E-state index is -0.0741. The molecule has 0 aromatic rings. The quantitative estimate of drug-likeness (QED) is 0.0661. The number of unbranched alkanes of at least 4 members (excludes halogenated alkanes) is 12. The van der Waals surface area contributed by atoms with Crippen molar-refractivity contribution < 1.29 is 0 Å². The van der Waals surface area contributed by atoms with E-state index in [0.29, 0.717) is 0 Å². The van der Waals surface area contributed by atoms with Crippen molar-refractivity contribution >= 4 is 70.7 Å². The van der Waals surface area contributed by atoms with Crippen molar-refractivity contribution in [1.82, 2.24) is 0 Å². The molecule has 0 fully saturated rings. The first-order chi connectivity index (χ1) is 12.4. The molecule has 0 aromatic heterocycles. The summed E-state index contributed by atoms with van der Waals surface area (Å²) in [6.45, 7) is 14.1. The molecule has 0 saturated heterocycles. The molecule has 0 aliphatic carbocycles. The van der Waals surface area contributed by atoms with Crippen molar-refractivity contribution in [2.24, 2.45) is 11.8 Å². The Morgan fingerprint density at radius 3 is 1.33 bits per heavy atom. The molecule has 0 radical (unpaired) electrons. The first kappa shape index (κ1) is 33.6. The molecular formula is C24H48S2Sr. The van der Waals surface area contributed by atoms with Gasteiger partial charge in [-0.05, 0) is 5.92 Å². The molecule has 27 heavy (non-hydrogen) atoms. The summed E-state index contributed by atoms with van der Waals surface area (Å²) in [6.07, 6.45) is 24.2. The van der Waals surface area contributed by atoms with Crippen LogP contribution in [0.2, 0.25) is 0 Å². The van der Waals surface area contributed by atoms with E-state index in [9.17, 15) is 0 Å². The minimum Gasteiger partial charge on any atom is -0.516 e. The summed E-state index contributed by atoms with van der Waals surface area (Å²) in [5.74, 6) is 1.67. The van der Waals surface area contributed by atoms with Gasteiger partial charge in [0, 0.05) is 4.58 Å². The largest absolute Gasteiger partial charge is 2.00 e. The molecule has 0 nitrogen and oxygen atoms in total. The van der Waals surface area contributed by atoms with Crippen LogP contribution in [0, 0.1) is 24.8 Å². The molecule has 0 aliphatic rings. The monoisotopic (exact) mass is 488 g/mol. The van der Waals surface area contributed by atoms with Crippen molar-refractivity contribution in [3.8, 4) is 0 Å². The van der Waals surface area contributed by atoms with E-state index >= 15 is 0 Å². The molecule has 0 spiro atoms. The van der Waals surface area contributed by atoms with Gasteiger partial charge in [-0.1, -0.05) is 111 Å². The molecule has 0 unspecified atom stereocenters. The van der Waals surface area contributed by atoms with Crippen molar-refractivity contribution in [3.63, 3.8) is 0 Å². The third-order valence-electron chi connectivity index (χ3n) is 4.55. The molecule has 0 rings (SSSR count). The summed E-state index contributed by atoms with van der Waals surface area (Å²) in [4.78, 5) is 0. The fourth-order valence-electron chi connectivity index (χ4n) is 2.92. The van der Waals surface area contributed by atoms with Crippen LogP contribution in [0.5, 0.6) is 0 Å². The predicted molar refractivity (Wildman–Crippen MR) is 135 cm³/mol. The topological polar surface area (TPSA) is 0 Å². The summed E-state index contributed by atoms with van der Waals surface area (Å²) >= 11 is 7.56. The van der Waals surface area contributed by atoms with Gasteiger partial charge >= 0.3 is 45.5 Å². The zero-order valence-corrected chi connectivity index (χ0v) is 24.2. The van der Waals surface area contributed by atoms with Gasteiger partial charge < -0.3 is 13.0 Å². The molecule has 0 amide bonds. The Kier molecular flexibility index (Phi) is 34.7. The average Bonchev–Trinajstić information content (AvgIpc) is 2.58. The molecule has 0 aromatic carbocycles. The van der Waals surface area contributed by atoms with Crippen LogP contribution in [0.15, 0.2) is 6.08 Å². The maximum Gasteiger partial charge on any atom is 2.00 e. The molecule has 0 heterocycles. The molecule has 0 atom stereocenters. The maximum absolute atomic E-state index is 4.89. The van der Waals surface area contributed by atoms with E-state index in [-0.39, 0.29) is 50.1 Å². The number of rotatable bonds is 17. The first-order valence-electron chi connectivity index (χ1n) is 11.1. The Bertz CT molecular complexity index is 245. The first-order valence-corrected chi connectivity index (χ1v) is 12.2. The van der Waals surface area contributed by atoms with E-state index in [0.717, 1.165) is 11.8 Å². The fourth-order valence-corrected chi connectivity index (χ4v) is 2.92. The van der Waals surface area contributed by atoms with Crippen LogP contribution in [-0.2, 0) is 0 Å². The van der Waals surface area contributed by atoms with E-state index in [1.165, 1.54) is 96.0 Å². The van der Waals surface area contributed by atoms with Crippen LogP contribution in [-0.4, -0.2) is 50.1 Å². The summed E-state index contributed by atoms with van der Waals surface area (Å²) in [5, 5.41) is 0. The summed E-state index contributed by atoms with van der Waals surface area (Å²) in [7, 11) is 0. The summed E-state index contributed by atoms with van der Waals surface area (Å²) in [5.41, 5.74) is 0. The Morgan fingerprint density at radius 2 is 1.04 bits per heavy atom. The zero-order chi connectivity index (χ0) is 20.0. The molecule has 0 saturated carbocycles. The second kappa shape index (κ2) is 27.9. The van der Waals surface area contributed by atoms with Crippen molar-refractivity contribution in [3.05, 3.63) is 19.1 Å². The molecule has 0 bridgehead atoms. The van der Waals surface area contributed by atoms with E-state index < -0.39 is 0 Å². The van der Waals surface area contributed by atoms with Crippen molar-refractivity contribution in [1.29, 1.82) is 0 Å². The summed E-state index contributed by atoms with van der Waals surface area (Å²) in [6, 6.07) is 0. The molecule has 0 N–H and O–H groups in total. The second-order valence-electron chi connectivity index (χ2n) is 8.30. The minimum absolute atomic E-state index is 0. The Hall–Kier alpha value is 1.92. The van der Waals surface area contributed by atoms with Gasteiger partial charge in [-0.25, -0.2) is 0 Å². The van der Waals surface area contributed by atoms with Gasteiger partial charge in [0.05, 0.1) is 0 Å². The second-order valence-corrected chi connectivity index (χ2v) is 9.82. The van der Waals surface area contributed by atoms with Crippen LogP contribution in [0.1, 0.15) is 118 Å². The third-order valence-corrected chi connectivity index (χ3v) is 4.89. The van der Waals surface area contributed by atoms with Crippen molar-refractivity contribution in [2.75, 3.05) is 0 Å². The third kappa shape index (κ3) is 39.0. The van der Waals surface area contributed by atoms with Gasteiger partial charge in [0.1, 0.15) is 0 Å². The van der Waals surface area contributed by atoms with E-state index in [2.05, 4.69) is 59.4 Å².